The number of hydrogen-bond donors (Lipinski definition) is 3. The molecule has 0 fully saturated rings. The van der Waals surface area contributed by atoms with Crippen LogP contribution in [-0.4, -0.2) is 24.2 Å². The van der Waals surface area contributed by atoms with Crippen molar-refractivity contribution in [3.8, 4) is 0 Å². The molecule has 4 nitrogen and oxygen atoms in total. The maximum atomic E-state index is 11.5. The van der Waals surface area contributed by atoms with Gasteiger partial charge in [0, 0.05) is 0 Å². The standard InChI is InChI=1S/C18H22N2O2/c1-19-17(18(21)20-22)12-11-15-9-5-6-10-16(15)13-14-7-3-2-4-8-14/h2-10,17,19,22H,11-13H2,1H3,(H,20,21). The van der Waals surface area contributed by atoms with Crippen LogP contribution in [0.1, 0.15) is 23.1 Å². The first-order valence-electron chi connectivity index (χ1n) is 7.46. The summed E-state index contributed by atoms with van der Waals surface area (Å²) in [4.78, 5) is 11.5. The Labute approximate surface area is 131 Å². The van der Waals surface area contributed by atoms with Crippen molar-refractivity contribution in [3.63, 3.8) is 0 Å². The molecule has 2 aromatic carbocycles. The van der Waals surface area contributed by atoms with Gasteiger partial charge in [-0.05, 0) is 43.0 Å². The van der Waals surface area contributed by atoms with Crippen molar-refractivity contribution in [3.05, 3.63) is 71.3 Å². The Morgan fingerprint density at radius 3 is 2.32 bits per heavy atom. The first-order chi connectivity index (χ1) is 10.7. The fourth-order valence-corrected chi connectivity index (χ4v) is 2.57. The van der Waals surface area contributed by atoms with E-state index >= 15 is 0 Å². The van der Waals surface area contributed by atoms with Gasteiger partial charge in [-0.15, -0.1) is 0 Å². The van der Waals surface area contributed by atoms with Crippen LogP contribution in [-0.2, 0) is 17.6 Å². The summed E-state index contributed by atoms with van der Waals surface area (Å²) in [5.41, 5.74) is 5.48. The smallest absolute Gasteiger partial charge is 0.260 e. The van der Waals surface area contributed by atoms with E-state index < -0.39 is 11.9 Å². The van der Waals surface area contributed by atoms with Crippen LogP contribution in [0.15, 0.2) is 54.6 Å². The summed E-state index contributed by atoms with van der Waals surface area (Å²) >= 11 is 0. The second-order valence-corrected chi connectivity index (χ2v) is 5.29. The number of benzene rings is 2. The molecule has 0 spiro atoms. The lowest BCUT2D eigenvalue weighted by Gasteiger charge is -2.15. The van der Waals surface area contributed by atoms with E-state index in [1.165, 1.54) is 16.7 Å². The Bertz CT molecular complexity index is 599. The Balaban J connectivity index is 2.07. The van der Waals surface area contributed by atoms with Crippen molar-refractivity contribution in [2.45, 2.75) is 25.3 Å². The van der Waals surface area contributed by atoms with Crippen molar-refractivity contribution in [1.29, 1.82) is 0 Å². The molecule has 22 heavy (non-hydrogen) atoms. The number of likely N-dealkylation sites (N-methyl/N-ethyl adjacent to an activating group) is 1. The highest BCUT2D eigenvalue weighted by molar-refractivity contribution is 5.80. The van der Waals surface area contributed by atoms with E-state index in [9.17, 15) is 4.79 Å². The third kappa shape index (κ3) is 4.41. The van der Waals surface area contributed by atoms with Crippen molar-refractivity contribution >= 4 is 5.91 Å². The predicted molar refractivity (Wildman–Crippen MR) is 86.8 cm³/mol. The molecular weight excluding hydrogens is 276 g/mol. The van der Waals surface area contributed by atoms with Gasteiger partial charge in [-0.1, -0.05) is 54.6 Å². The zero-order valence-electron chi connectivity index (χ0n) is 12.8. The van der Waals surface area contributed by atoms with E-state index in [2.05, 4.69) is 29.6 Å². The molecule has 0 radical (unpaired) electrons. The quantitative estimate of drug-likeness (QED) is 0.543. The van der Waals surface area contributed by atoms with Gasteiger partial charge in [0.05, 0.1) is 6.04 Å². The molecule has 2 rings (SSSR count). The van der Waals surface area contributed by atoms with Crippen LogP contribution in [0.3, 0.4) is 0 Å². The van der Waals surface area contributed by atoms with Gasteiger partial charge < -0.3 is 5.32 Å². The van der Waals surface area contributed by atoms with Crippen molar-refractivity contribution in [2.75, 3.05) is 7.05 Å². The SMILES string of the molecule is CNC(CCc1ccccc1Cc1ccccc1)C(=O)NO. The van der Waals surface area contributed by atoms with Crippen LogP contribution in [0.25, 0.3) is 0 Å². The van der Waals surface area contributed by atoms with Crippen LogP contribution in [0.5, 0.6) is 0 Å². The fraction of sp³-hybridized carbons (Fsp3) is 0.278. The summed E-state index contributed by atoms with van der Waals surface area (Å²) in [6.45, 7) is 0. The first-order valence-corrected chi connectivity index (χ1v) is 7.46. The third-order valence-corrected chi connectivity index (χ3v) is 3.83. The second-order valence-electron chi connectivity index (χ2n) is 5.29. The molecule has 1 atom stereocenters. The highest BCUT2D eigenvalue weighted by atomic mass is 16.5. The largest absolute Gasteiger partial charge is 0.309 e. The van der Waals surface area contributed by atoms with Gasteiger partial charge in [-0.3, -0.25) is 10.0 Å². The number of amides is 1. The number of aryl methyl sites for hydroxylation is 1. The minimum atomic E-state index is -0.400. The summed E-state index contributed by atoms with van der Waals surface area (Å²) < 4.78 is 0. The van der Waals surface area contributed by atoms with Crippen molar-refractivity contribution in [1.82, 2.24) is 10.8 Å². The van der Waals surface area contributed by atoms with Crippen molar-refractivity contribution in [2.24, 2.45) is 0 Å². The summed E-state index contributed by atoms with van der Waals surface area (Å²) in [5, 5.41) is 11.7. The molecule has 1 unspecified atom stereocenters. The molecule has 0 saturated heterocycles. The molecule has 0 aromatic heterocycles. The Morgan fingerprint density at radius 2 is 1.68 bits per heavy atom. The molecule has 0 heterocycles. The van der Waals surface area contributed by atoms with Gasteiger partial charge in [-0.25, -0.2) is 5.48 Å². The number of rotatable bonds is 7. The van der Waals surface area contributed by atoms with E-state index in [1.807, 2.05) is 30.3 Å². The molecular formula is C18H22N2O2. The third-order valence-electron chi connectivity index (χ3n) is 3.83. The maximum Gasteiger partial charge on any atom is 0.260 e. The number of hydrogen-bond acceptors (Lipinski definition) is 3. The van der Waals surface area contributed by atoms with E-state index in [4.69, 9.17) is 5.21 Å². The maximum absolute atomic E-state index is 11.5. The molecule has 0 aliphatic carbocycles. The summed E-state index contributed by atoms with van der Waals surface area (Å²) in [6.07, 6.45) is 2.30. The molecule has 0 saturated carbocycles. The average Bonchev–Trinajstić information content (AvgIpc) is 2.57. The Kier molecular flexibility index (Phi) is 6.13. The summed E-state index contributed by atoms with van der Waals surface area (Å²) in [6, 6.07) is 18.2. The van der Waals surface area contributed by atoms with Crippen LogP contribution < -0.4 is 10.8 Å². The predicted octanol–water partition coefficient (Wildman–Crippen LogP) is 2.30. The zero-order chi connectivity index (χ0) is 15.8. The van der Waals surface area contributed by atoms with Gasteiger partial charge in [0.2, 0.25) is 0 Å². The zero-order valence-corrected chi connectivity index (χ0v) is 12.8. The van der Waals surface area contributed by atoms with Crippen LogP contribution in [0.4, 0.5) is 0 Å². The number of nitrogens with one attached hydrogen (secondary N) is 2. The van der Waals surface area contributed by atoms with E-state index in [1.54, 1.807) is 12.5 Å². The highest BCUT2D eigenvalue weighted by Crippen LogP contribution is 2.16. The summed E-state index contributed by atoms with van der Waals surface area (Å²) in [5.74, 6) is -0.400. The van der Waals surface area contributed by atoms with Gasteiger partial charge in [0.1, 0.15) is 0 Å². The fourth-order valence-electron chi connectivity index (χ4n) is 2.57. The van der Waals surface area contributed by atoms with Gasteiger partial charge in [0.15, 0.2) is 0 Å². The van der Waals surface area contributed by atoms with Crippen molar-refractivity contribution < 1.29 is 10.0 Å². The second kappa shape index (κ2) is 8.32. The van der Waals surface area contributed by atoms with E-state index in [-0.39, 0.29) is 0 Å². The van der Waals surface area contributed by atoms with Crippen LogP contribution in [0, 0.1) is 0 Å². The number of hydroxylamine groups is 1. The lowest BCUT2D eigenvalue weighted by Crippen LogP contribution is -2.41. The monoisotopic (exact) mass is 298 g/mol. The van der Waals surface area contributed by atoms with E-state index in [0.29, 0.717) is 6.42 Å². The molecule has 0 aliphatic heterocycles. The first kappa shape index (κ1) is 16.2. The lowest BCUT2D eigenvalue weighted by atomic mass is 9.95. The number of carbonyl (C=O) groups is 1. The number of carbonyl (C=O) groups excluding carboxylic acids is 1. The lowest BCUT2D eigenvalue weighted by molar-refractivity contribution is -0.131. The van der Waals surface area contributed by atoms with Crippen LogP contribution >= 0.6 is 0 Å². The molecule has 0 bridgehead atoms. The minimum Gasteiger partial charge on any atom is -0.309 e. The molecule has 2 aromatic rings. The molecule has 4 heteroatoms. The average molecular weight is 298 g/mol. The molecule has 116 valence electrons. The van der Waals surface area contributed by atoms with Gasteiger partial charge >= 0.3 is 0 Å². The summed E-state index contributed by atoms with van der Waals surface area (Å²) in [7, 11) is 1.72. The van der Waals surface area contributed by atoms with Gasteiger partial charge in [0.25, 0.3) is 5.91 Å². The minimum absolute atomic E-state index is 0.394. The topological polar surface area (TPSA) is 61.4 Å². The Hall–Kier alpha value is -2.17. The molecule has 1 amide bonds. The van der Waals surface area contributed by atoms with Crippen LogP contribution in [0.2, 0.25) is 0 Å². The van der Waals surface area contributed by atoms with Gasteiger partial charge in [-0.2, -0.15) is 0 Å². The highest BCUT2D eigenvalue weighted by Gasteiger charge is 2.16. The Morgan fingerprint density at radius 1 is 1.05 bits per heavy atom. The normalized spacial score (nSPS) is 11.9. The molecule has 3 N–H and O–H groups in total. The molecule has 0 aliphatic rings. The van der Waals surface area contributed by atoms with E-state index in [0.717, 1.165) is 12.8 Å².